The van der Waals surface area contributed by atoms with E-state index in [4.69, 9.17) is 0 Å². The van der Waals surface area contributed by atoms with Crippen molar-refractivity contribution in [1.29, 1.82) is 0 Å². The fourth-order valence-corrected chi connectivity index (χ4v) is 3.44. The molecule has 5 nitrogen and oxygen atoms in total. The highest BCUT2D eigenvalue weighted by atomic mass is 32.2. The molecule has 0 fully saturated rings. The van der Waals surface area contributed by atoms with Crippen molar-refractivity contribution < 1.29 is 13.2 Å². The topological polar surface area (TPSA) is 66.5 Å². The van der Waals surface area contributed by atoms with Gasteiger partial charge in [-0.25, -0.2) is 13.1 Å². The first-order valence-electron chi connectivity index (χ1n) is 7.10. The SMILES string of the molecule is CCCN(CCNS(=O)(=O)c1ccc(C)cc1C)C(C)=O. The predicted octanol–water partition coefficient (Wildman–Crippen LogP) is 1.84. The molecular weight excluding hydrogens is 288 g/mol. The van der Waals surface area contributed by atoms with Crippen molar-refractivity contribution in [1.82, 2.24) is 9.62 Å². The van der Waals surface area contributed by atoms with Crippen molar-refractivity contribution in [2.75, 3.05) is 19.6 Å². The van der Waals surface area contributed by atoms with E-state index in [0.29, 0.717) is 13.1 Å². The number of nitrogens with one attached hydrogen (secondary N) is 1. The summed E-state index contributed by atoms with van der Waals surface area (Å²) in [4.78, 5) is 13.3. The van der Waals surface area contributed by atoms with E-state index in [1.807, 2.05) is 19.9 Å². The maximum Gasteiger partial charge on any atom is 0.240 e. The van der Waals surface area contributed by atoms with Gasteiger partial charge in [0.25, 0.3) is 0 Å². The molecule has 0 aliphatic carbocycles. The molecule has 118 valence electrons. The van der Waals surface area contributed by atoms with Crippen molar-refractivity contribution in [3.63, 3.8) is 0 Å². The molecule has 1 N–H and O–H groups in total. The average molecular weight is 312 g/mol. The molecule has 0 unspecified atom stereocenters. The predicted molar refractivity (Wildman–Crippen MR) is 83.6 cm³/mol. The Balaban J connectivity index is 2.71. The summed E-state index contributed by atoms with van der Waals surface area (Å²) in [6.45, 7) is 8.42. The average Bonchev–Trinajstić information content (AvgIpc) is 2.36. The molecule has 1 aromatic carbocycles. The van der Waals surface area contributed by atoms with Crippen LogP contribution in [0, 0.1) is 13.8 Å². The van der Waals surface area contributed by atoms with Crippen molar-refractivity contribution in [2.24, 2.45) is 0 Å². The summed E-state index contributed by atoms with van der Waals surface area (Å²) in [5.41, 5.74) is 1.75. The van der Waals surface area contributed by atoms with E-state index in [2.05, 4.69) is 4.72 Å². The number of carbonyl (C=O) groups is 1. The number of sulfonamides is 1. The zero-order chi connectivity index (χ0) is 16.0. The van der Waals surface area contributed by atoms with E-state index >= 15 is 0 Å². The van der Waals surface area contributed by atoms with E-state index in [1.54, 1.807) is 24.0 Å². The number of benzene rings is 1. The first kappa shape index (κ1) is 17.7. The number of rotatable bonds is 7. The van der Waals surface area contributed by atoms with Gasteiger partial charge in [-0.1, -0.05) is 24.6 Å². The summed E-state index contributed by atoms with van der Waals surface area (Å²) in [7, 11) is -3.53. The molecule has 0 aromatic heterocycles. The van der Waals surface area contributed by atoms with Crippen LogP contribution >= 0.6 is 0 Å². The maximum atomic E-state index is 12.3. The molecule has 1 aromatic rings. The van der Waals surface area contributed by atoms with Crippen LogP contribution in [0.25, 0.3) is 0 Å². The van der Waals surface area contributed by atoms with Crippen LogP contribution in [0.4, 0.5) is 0 Å². The van der Waals surface area contributed by atoms with Gasteiger partial charge in [-0.3, -0.25) is 4.79 Å². The minimum atomic E-state index is -3.53. The highest BCUT2D eigenvalue weighted by molar-refractivity contribution is 7.89. The van der Waals surface area contributed by atoms with E-state index in [-0.39, 0.29) is 17.3 Å². The van der Waals surface area contributed by atoms with E-state index in [1.165, 1.54) is 6.92 Å². The lowest BCUT2D eigenvalue weighted by Crippen LogP contribution is -2.38. The van der Waals surface area contributed by atoms with E-state index in [0.717, 1.165) is 17.5 Å². The fourth-order valence-electron chi connectivity index (χ4n) is 2.19. The second-order valence-corrected chi connectivity index (χ2v) is 6.91. The molecule has 1 rings (SSSR count). The quantitative estimate of drug-likeness (QED) is 0.835. The van der Waals surface area contributed by atoms with Crippen molar-refractivity contribution in [3.8, 4) is 0 Å². The van der Waals surface area contributed by atoms with Gasteiger partial charge in [-0.15, -0.1) is 0 Å². The zero-order valence-corrected chi connectivity index (χ0v) is 14.0. The Bertz CT molecular complexity index is 597. The summed E-state index contributed by atoms with van der Waals surface area (Å²) in [5, 5.41) is 0. The minimum absolute atomic E-state index is 0.0393. The van der Waals surface area contributed by atoms with Crippen LogP contribution in [0.3, 0.4) is 0 Å². The minimum Gasteiger partial charge on any atom is -0.342 e. The highest BCUT2D eigenvalue weighted by Gasteiger charge is 2.17. The van der Waals surface area contributed by atoms with Crippen LogP contribution in [-0.2, 0) is 14.8 Å². The van der Waals surface area contributed by atoms with Crippen LogP contribution < -0.4 is 4.72 Å². The number of nitrogens with zero attached hydrogens (tertiary/aromatic N) is 1. The number of amides is 1. The third-order valence-corrected chi connectivity index (χ3v) is 4.85. The van der Waals surface area contributed by atoms with Gasteiger partial charge in [0, 0.05) is 26.6 Å². The molecule has 0 bridgehead atoms. The lowest BCUT2D eigenvalue weighted by Gasteiger charge is -2.20. The monoisotopic (exact) mass is 312 g/mol. The molecule has 0 spiro atoms. The van der Waals surface area contributed by atoms with E-state index in [9.17, 15) is 13.2 Å². The van der Waals surface area contributed by atoms with Crippen molar-refractivity contribution >= 4 is 15.9 Å². The van der Waals surface area contributed by atoms with Crippen LogP contribution in [0.15, 0.2) is 23.1 Å². The molecule has 21 heavy (non-hydrogen) atoms. The summed E-state index contributed by atoms with van der Waals surface area (Å²) in [6, 6.07) is 5.23. The molecule has 0 radical (unpaired) electrons. The van der Waals surface area contributed by atoms with Crippen molar-refractivity contribution in [3.05, 3.63) is 29.3 Å². The van der Waals surface area contributed by atoms with Gasteiger partial charge in [0.05, 0.1) is 4.90 Å². The Morgan fingerprint density at radius 1 is 1.24 bits per heavy atom. The molecule has 0 atom stereocenters. The van der Waals surface area contributed by atoms with Gasteiger partial charge in [-0.05, 0) is 31.9 Å². The molecule has 0 aliphatic rings. The van der Waals surface area contributed by atoms with Gasteiger partial charge in [0.2, 0.25) is 15.9 Å². The van der Waals surface area contributed by atoms with Gasteiger partial charge in [0.15, 0.2) is 0 Å². The Morgan fingerprint density at radius 3 is 2.43 bits per heavy atom. The Morgan fingerprint density at radius 2 is 1.90 bits per heavy atom. The largest absolute Gasteiger partial charge is 0.342 e. The molecule has 0 heterocycles. The first-order valence-corrected chi connectivity index (χ1v) is 8.58. The molecule has 6 heteroatoms. The lowest BCUT2D eigenvalue weighted by molar-refractivity contribution is -0.128. The Hall–Kier alpha value is -1.40. The standard InChI is InChI=1S/C15H24N2O3S/c1-5-9-17(14(4)18)10-8-16-21(19,20)15-7-6-12(2)11-13(15)3/h6-7,11,16H,5,8-10H2,1-4H3. The van der Waals surface area contributed by atoms with Crippen LogP contribution in [0.2, 0.25) is 0 Å². The van der Waals surface area contributed by atoms with Crippen molar-refractivity contribution in [2.45, 2.75) is 39.0 Å². The number of hydrogen-bond donors (Lipinski definition) is 1. The third-order valence-electron chi connectivity index (χ3n) is 3.23. The number of aryl methyl sites for hydroxylation is 2. The Kier molecular flexibility index (Phi) is 6.36. The van der Waals surface area contributed by atoms with Crippen LogP contribution in [-0.4, -0.2) is 38.9 Å². The number of hydrogen-bond acceptors (Lipinski definition) is 3. The summed E-state index contributed by atoms with van der Waals surface area (Å²) < 4.78 is 27.1. The van der Waals surface area contributed by atoms with Crippen LogP contribution in [0.1, 0.15) is 31.4 Å². The summed E-state index contributed by atoms with van der Waals surface area (Å²) in [6.07, 6.45) is 0.851. The smallest absolute Gasteiger partial charge is 0.240 e. The fraction of sp³-hybridized carbons (Fsp3) is 0.533. The maximum absolute atomic E-state index is 12.3. The van der Waals surface area contributed by atoms with Gasteiger partial charge in [-0.2, -0.15) is 0 Å². The molecule has 0 saturated carbocycles. The molecule has 0 saturated heterocycles. The van der Waals surface area contributed by atoms with Gasteiger partial charge in [0.1, 0.15) is 0 Å². The lowest BCUT2D eigenvalue weighted by atomic mass is 10.2. The number of carbonyl (C=O) groups excluding carboxylic acids is 1. The van der Waals surface area contributed by atoms with Crippen LogP contribution in [0.5, 0.6) is 0 Å². The third kappa shape index (κ3) is 5.13. The second kappa shape index (κ2) is 7.56. The highest BCUT2D eigenvalue weighted by Crippen LogP contribution is 2.15. The normalized spacial score (nSPS) is 11.4. The molecular formula is C15H24N2O3S. The Labute approximate surface area is 127 Å². The first-order chi connectivity index (χ1) is 9.77. The molecule has 1 amide bonds. The summed E-state index contributed by atoms with van der Waals surface area (Å²) >= 11 is 0. The van der Waals surface area contributed by atoms with E-state index < -0.39 is 10.0 Å². The van der Waals surface area contributed by atoms with Gasteiger partial charge >= 0.3 is 0 Å². The molecule has 0 aliphatic heterocycles. The summed E-state index contributed by atoms with van der Waals surface area (Å²) in [5.74, 6) is -0.0393. The zero-order valence-electron chi connectivity index (χ0n) is 13.1. The second-order valence-electron chi connectivity index (χ2n) is 5.17. The van der Waals surface area contributed by atoms with Gasteiger partial charge < -0.3 is 4.90 Å².